The molecule has 0 radical (unpaired) electrons. The quantitative estimate of drug-likeness (QED) is 0.748. The molecule has 0 heterocycles. The molecule has 0 saturated carbocycles. The van der Waals surface area contributed by atoms with Gasteiger partial charge in [0.2, 0.25) is 10.0 Å². The maximum absolute atomic E-state index is 11.7. The van der Waals surface area contributed by atoms with Crippen LogP contribution in [0.3, 0.4) is 0 Å². The second kappa shape index (κ2) is 6.94. The van der Waals surface area contributed by atoms with E-state index in [0.717, 1.165) is 0 Å². The Morgan fingerprint density at radius 3 is 2.79 bits per heavy atom. The van der Waals surface area contributed by atoms with Crippen molar-refractivity contribution in [3.05, 3.63) is 42.5 Å². The van der Waals surface area contributed by atoms with Gasteiger partial charge in [0.05, 0.1) is 5.75 Å². The van der Waals surface area contributed by atoms with Crippen LogP contribution < -0.4 is 10.0 Å². The Morgan fingerprint density at radius 2 is 2.16 bits per heavy atom. The zero-order chi connectivity index (χ0) is 14.3. The summed E-state index contributed by atoms with van der Waals surface area (Å²) in [7, 11) is -3.34. The normalized spacial score (nSPS) is 10.8. The van der Waals surface area contributed by atoms with Crippen LogP contribution in [0.5, 0.6) is 0 Å². The van der Waals surface area contributed by atoms with Crippen molar-refractivity contribution in [1.29, 1.82) is 0 Å². The molecule has 19 heavy (non-hydrogen) atoms. The van der Waals surface area contributed by atoms with Crippen molar-refractivity contribution >= 4 is 21.6 Å². The Kier molecular flexibility index (Phi) is 5.57. The third kappa shape index (κ3) is 5.13. The number of hydrogen-bond donors (Lipinski definition) is 2. The first kappa shape index (κ1) is 15.2. The lowest BCUT2D eigenvalue weighted by Crippen LogP contribution is -2.23. The highest BCUT2D eigenvalue weighted by Crippen LogP contribution is 2.12. The van der Waals surface area contributed by atoms with E-state index in [2.05, 4.69) is 16.6 Å². The minimum atomic E-state index is -3.34. The molecule has 0 atom stereocenters. The summed E-state index contributed by atoms with van der Waals surface area (Å²) in [5, 5.41) is 2.63. The molecule has 0 aliphatic rings. The van der Waals surface area contributed by atoms with Gasteiger partial charge in [-0.15, -0.1) is 6.58 Å². The fourth-order valence-electron chi connectivity index (χ4n) is 1.49. The number of amides is 1. The van der Waals surface area contributed by atoms with Crippen LogP contribution in [0.1, 0.15) is 23.7 Å². The molecule has 1 aromatic carbocycles. The highest BCUT2D eigenvalue weighted by Gasteiger charge is 2.10. The molecular weight excluding hydrogens is 264 g/mol. The van der Waals surface area contributed by atoms with E-state index in [-0.39, 0.29) is 11.7 Å². The Morgan fingerprint density at radius 1 is 1.42 bits per heavy atom. The van der Waals surface area contributed by atoms with Crippen LogP contribution in [0.4, 0.5) is 5.69 Å². The predicted octanol–water partition coefficient (Wildman–Crippen LogP) is 1.75. The van der Waals surface area contributed by atoms with E-state index < -0.39 is 10.0 Å². The van der Waals surface area contributed by atoms with Crippen molar-refractivity contribution in [2.75, 3.05) is 17.0 Å². The largest absolute Gasteiger partial charge is 0.349 e. The summed E-state index contributed by atoms with van der Waals surface area (Å²) < 4.78 is 25.7. The van der Waals surface area contributed by atoms with E-state index in [1.807, 2.05) is 0 Å². The number of nitrogens with one attached hydrogen (secondary N) is 2. The molecule has 6 heteroatoms. The van der Waals surface area contributed by atoms with Gasteiger partial charge in [-0.05, 0) is 24.6 Å². The Bertz CT molecular complexity index is 553. The van der Waals surface area contributed by atoms with Crippen LogP contribution in [0.2, 0.25) is 0 Å². The van der Waals surface area contributed by atoms with E-state index in [1.54, 1.807) is 31.2 Å². The SMILES string of the molecule is C=CCNC(=O)c1cccc(NS(=O)(=O)CCC)c1. The highest BCUT2D eigenvalue weighted by molar-refractivity contribution is 7.92. The number of hydrogen-bond acceptors (Lipinski definition) is 3. The summed E-state index contributed by atoms with van der Waals surface area (Å²) in [5.41, 5.74) is 0.790. The average Bonchev–Trinajstić information content (AvgIpc) is 2.35. The Balaban J connectivity index is 2.83. The molecule has 0 aliphatic heterocycles. The van der Waals surface area contributed by atoms with Crippen molar-refractivity contribution < 1.29 is 13.2 Å². The monoisotopic (exact) mass is 282 g/mol. The molecule has 0 fully saturated rings. The van der Waals surface area contributed by atoms with E-state index >= 15 is 0 Å². The fourth-order valence-corrected chi connectivity index (χ4v) is 2.62. The van der Waals surface area contributed by atoms with E-state index in [1.165, 1.54) is 6.07 Å². The molecule has 5 nitrogen and oxygen atoms in total. The lowest BCUT2D eigenvalue weighted by Gasteiger charge is -2.08. The van der Waals surface area contributed by atoms with Gasteiger partial charge in [-0.3, -0.25) is 9.52 Å². The Hall–Kier alpha value is -1.82. The third-order valence-electron chi connectivity index (χ3n) is 2.28. The highest BCUT2D eigenvalue weighted by atomic mass is 32.2. The molecule has 0 aromatic heterocycles. The molecular formula is C13H18N2O3S. The van der Waals surface area contributed by atoms with Crippen LogP contribution in [-0.2, 0) is 10.0 Å². The number of carbonyl (C=O) groups is 1. The van der Waals surface area contributed by atoms with E-state index in [9.17, 15) is 13.2 Å². The number of sulfonamides is 1. The summed E-state index contributed by atoms with van der Waals surface area (Å²) >= 11 is 0. The molecule has 1 amide bonds. The molecule has 104 valence electrons. The van der Waals surface area contributed by atoms with Gasteiger partial charge in [-0.2, -0.15) is 0 Å². The van der Waals surface area contributed by atoms with Gasteiger partial charge in [0.25, 0.3) is 5.91 Å². The summed E-state index contributed by atoms with van der Waals surface area (Å²) in [4.78, 5) is 11.7. The first-order chi connectivity index (χ1) is 8.98. The summed E-state index contributed by atoms with van der Waals surface area (Å²) in [6, 6.07) is 6.37. The topological polar surface area (TPSA) is 75.3 Å². The van der Waals surface area contributed by atoms with Gasteiger partial charge >= 0.3 is 0 Å². The summed E-state index contributed by atoms with van der Waals surface area (Å²) in [6.07, 6.45) is 2.11. The number of benzene rings is 1. The second-order valence-electron chi connectivity index (χ2n) is 4.00. The Labute approximate surface area is 113 Å². The summed E-state index contributed by atoms with van der Waals surface area (Å²) in [5.74, 6) is -0.212. The van der Waals surface area contributed by atoms with Crippen LogP contribution in [-0.4, -0.2) is 26.6 Å². The van der Waals surface area contributed by atoms with Gasteiger partial charge in [-0.25, -0.2) is 8.42 Å². The molecule has 0 bridgehead atoms. The molecule has 1 aromatic rings. The predicted molar refractivity (Wildman–Crippen MR) is 76.7 cm³/mol. The van der Waals surface area contributed by atoms with Gasteiger partial charge in [0.15, 0.2) is 0 Å². The number of anilines is 1. The van der Waals surface area contributed by atoms with Crippen molar-refractivity contribution in [2.24, 2.45) is 0 Å². The smallest absolute Gasteiger partial charge is 0.251 e. The second-order valence-corrected chi connectivity index (χ2v) is 5.84. The molecule has 0 unspecified atom stereocenters. The molecule has 1 rings (SSSR count). The van der Waals surface area contributed by atoms with Crippen LogP contribution in [0.25, 0.3) is 0 Å². The van der Waals surface area contributed by atoms with E-state index in [0.29, 0.717) is 24.2 Å². The van der Waals surface area contributed by atoms with Gasteiger partial charge in [0.1, 0.15) is 0 Å². The maximum atomic E-state index is 11.7. The lowest BCUT2D eigenvalue weighted by molar-refractivity contribution is 0.0958. The average molecular weight is 282 g/mol. The minimum Gasteiger partial charge on any atom is -0.349 e. The fraction of sp³-hybridized carbons (Fsp3) is 0.308. The third-order valence-corrected chi connectivity index (χ3v) is 3.77. The standard InChI is InChI=1S/C13H18N2O3S/c1-3-8-14-13(16)11-6-5-7-12(10-11)15-19(17,18)9-4-2/h3,5-7,10,15H,1,4,8-9H2,2H3,(H,14,16). The van der Waals surface area contributed by atoms with Crippen molar-refractivity contribution in [3.8, 4) is 0 Å². The lowest BCUT2D eigenvalue weighted by atomic mass is 10.2. The van der Waals surface area contributed by atoms with Crippen molar-refractivity contribution in [2.45, 2.75) is 13.3 Å². The number of carbonyl (C=O) groups excluding carboxylic acids is 1. The van der Waals surface area contributed by atoms with Crippen LogP contribution in [0, 0.1) is 0 Å². The molecule has 0 spiro atoms. The molecule has 0 saturated heterocycles. The van der Waals surface area contributed by atoms with Crippen LogP contribution in [0.15, 0.2) is 36.9 Å². The zero-order valence-corrected chi connectivity index (χ0v) is 11.7. The molecule has 2 N–H and O–H groups in total. The van der Waals surface area contributed by atoms with Gasteiger partial charge in [0, 0.05) is 17.8 Å². The first-order valence-corrected chi connectivity index (χ1v) is 7.63. The van der Waals surface area contributed by atoms with Crippen molar-refractivity contribution in [1.82, 2.24) is 5.32 Å². The van der Waals surface area contributed by atoms with Crippen molar-refractivity contribution in [3.63, 3.8) is 0 Å². The zero-order valence-electron chi connectivity index (χ0n) is 10.8. The molecule has 0 aliphatic carbocycles. The summed E-state index contributed by atoms with van der Waals surface area (Å²) in [6.45, 7) is 5.66. The van der Waals surface area contributed by atoms with Crippen LogP contribution >= 0.6 is 0 Å². The van der Waals surface area contributed by atoms with Gasteiger partial charge < -0.3 is 5.32 Å². The van der Waals surface area contributed by atoms with Gasteiger partial charge in [-0.1, -0.05) is 19.1 Å². The number of rotatable bonds is 7. The maximum Gasteiger partial charge on any atom is 0.251 e. The first-order valence-electron chi connectivity index (χ1n) is 5.98. The minimum absolute atomic E-state index is 0.0554. The van der Waals surface area contributed by atoms with E-state index in [4.69, 9.17) is 0 Å².